The van der Waals surface area contributed by atoms with E-state index in [2.05, 4.69) is 60.0 Å². The molecule has 25 heavy (non-hydrogen) atoms. The van der Waals surface area contributed by atoms with E-state index in [0.717, 1.165) is 17.7 Å². The van der Waals surface area contributed by atoms with E-state index in [0.29, 0.717) is 18.4 Å². The van der Waals surface area contributed by atoms with E-state index in [9.17, 15) is 4.79 Å². The number of hydrogen-bond acceptors (Lipinski definition) is 2. The monoisotopic (exact) mass is 332 g/mol. The van der Waals surface area contributed by atoms with Crippen molar-refractivity contribution in [3.05, 3.63) is 76.9 Å². The molecule has 2 aliphatic rings. The van der Waals surface area contributed by atoms with E-state index in [4.69, 9.17) is 0 Å². The van der Waals surface area contributed by atoms with Gasteiger partial charge in [0, 0.05) is 12.5 Å². The Morgan fingerprint density at radius 1 is 1.24 bits per heavy atom. The minimum Gasteiger partial charge on any atom is -0.377 e. The fourth-order valence-electron chi connectivity index (χ4n) is 4.26. The molecule has 1 aliphatic heterocycles. The molecule has 0 saturated heterocycles. The molecule has 1 aliphatic carbocycles. The summed E-state index contributed by atoms with van der Waals surface area (Å²) in [5, 5.41) is 6.66. The summed E-state index contributed by atoms with van der Waals surface area (Å²) in [7, 11) is 0. The van der Waals surface area contributed by atoms with Crippen molar-refractivity contribution in [3.8, 4) is 0 Å². The summed E-state index contributed by atoms with van der Waals surface area (Å²) in [6.07, 6.45) is 5.67. The maximum Gasteiger partial charge on any atom is 0.253 e. The van der Waals surface area contributed by atoms with Gasteiger partial charge in [0.25, 0.3) is 5.91 Å². The Morgan fingerprint density at radius 2 is 2.08 bits per heavy atom. The summed E-state index contributed by atoms with van der Waals surface area (Å²) in [6, 6.07) is 15.0. The first kappa shape index (κ1) is 15.9. The molecule has 3 nitrogen and oxygen atoms in total. The highest BCUT2D eigenvalue weighted by Crippen LogP contribution is 2.50. The zero-order valence-electron chi connectivity index (χ0n) is 14.8. The quantitative estimate of drug-likeness (QED) is 0.808. The fourth-order valence-corrected chi connectivity index (χ4v) is 4.26. The highest BCUT2D eigenvalue weighted by molar-refractivity contribution is 6.00. The number of hydrogen-bond donors (Lipinski definition) is 2. The molecule has 3 heteroatoms. The van der Waals surface area contributed by atoms with Gasteiger partial charge in [0.1, 0.15) is 0 Å². The van der Waals surface area contributed by atoms with Gasteiger partial charge in [-0.2, -0.15) is 0 Å². The summed E-state index contributed by atoms with van der Waals surface area (Å²) >= 11 is 0. The van der Waals surface area contributed by atoms with Crippen molar-refractivity contribution in [2.24, 2.45) is 5.92 Å². The molecular weight excluding hydrogens is 308 g/mol. The number of rotatable bonds is 3. The maximum absolute atomic E-state index is 12.5. The van der Waals surface area contributed by atoms with Gasteiger partial charge in [-0.25, -0.2) is 0 Å². The van der Waals surface area contributed by atoms with Crippen LogP contribution >= 0.6 is 0 Å². The van der Waals surface area contributed by atoms with Crippen LogP contribution < -0.4 is 10.6 Å². The van der Waals surface area contributed by atoms with Gasteiger partial charge in [0.05, 0.1) is 17.3 Å². The molecule has 4 rings (SSSR count). The molecule has 0 radical (unpaired) electrons. The maximum atomic E-state index is 12.5. The van der Waals surface area contributed by atoms with Crippen molar-refractivity contribution in [3.63, 3.8) is 0 Å². The third-order valence-electron chi connectivity index (χ3n) is 5.38. The first-order chi connectivity index (χ1) is 12.2. The van der Waals surface area contributed by atoms with Gasteiger partial charge < -0.3 is 10.6 Å². The van der Waals surface area contributed by atoms with E-state index in [1.165, 1.54) is 16.7 Å². The Labute approximate surface area is 149 Å². The molecule has 0 bridgehead atoms. The molecule has 128 valence electrons. The minimum absolute atomic E-state index is 0.00438. The smallest absolute Gasteiger partial charge is 0.253 e. The van der Waals surface area contributed by atoms with E-state index in [-0.39, 0.29) is 11.9 Å². The van der Waals surface area contributed by atoms with Crippen molar-refractivity contribution >= 4 is 11.6 Å². The lowest BCUT2D eigenvalue weighted by atomic mass is 9.76. The zero-order chi connectivity index (χ0) is 17.4. The fraction of sp³-hybridized carbons (Fsp3) is 0.318. The van der Waals surface area contributed by atoms with E-state index in [1.54, 1.807) is 0 Å². The first-order valence-electron chi connectivity index (χ1n) is 9.10. The molecular formula is C22H24N2O. The van der Waals surface area contributed by atoms with Crippen LogP contribution in [0.25, 0.3) is 0 Å². The predicted molar refractivity (Wildman–Crippen MR) is 102 cm³/mol. The van der Waals surface area contributed by atoms with Crippen molar-refractivity contribution in [1.29, 1.82) is 0 Å². The van der Waals surface area contributed by atoms with Crippen LogP contribution in [0.15, 0.2) is 54.6 Å². The molecule has 2 aromatic rings. The Kier molecular flexibility index (Phi) is 4.08. The molecule has 2 N–H and O–H groups in total. The largest absolute Gasteiger partial charge is 0.377 e. The van der Waals surface area contributed by atoms with Gasteiger partial charge in [0.2, 0.25) is 0 Å². The van der Waals surface area contributed by atoms with Gasteiger partial charge in [-0.05, 0) is 43.4 Å². The van der Waals surface area contributed by atoms with Gasteiger partial charge in [0.15, 0.2) is 0 Å². The van der Waals surface area contributed by atoms with Gasteiger partial charge in [-0.15, -0.1) is 0 Å². The average Bonchev–Trinajstić information content (AvgIpc) is 3.10. The third-order valence-corrected chi connectivity index (χ3v) is 5.38. The van der Waals surface area contributed by atoms with E-state index >= 15 is 0 Å². The summed E-state index contributed by atoms with van der Waals surface area (Å²) in [5.74, 6) is 0.866. The molecule has 0 spiro atoms. The Balaban J connectivity index is 1.80. The second-order valence-corrected chi connectivity index (χ2v) is 7.02. The number of allylic oxidation sites excluding steroid dienone is 2. The van der Waals surface area contributed by atoms with Crippen molar-refractivity contribution < 1.29 is 4.79 Å². The molecule has 1 heterocycles. The highest BCUT2D eigenvalue weighted by atomic mass is 16.1. The molecule has 3 atom stereocenters. The van der Waals surface area contributed by atoms with Crippen LogP contribution in [0.5, 0.6) is 0 Å². The summed E-state index contributed by atoms with van der Waals surface area (Å²) < 4.78 is 0. The standard InChI is InChI=1S/C22H24N2O/c1-3-23-22(25)19-12-6-11-18-16-9-5-10-17(16)20(24-21(18)19)15-8-4-7-14(2)13-15/h4-9,11-13,16-17,20,24H,3,10H2,1-2H3,(H,23,25). The van der Waals surface area contributed by atoms with Crippen LogP contribution in [0.3, 0.4) is 0 Å². The van der Waals surface area contributed by atoms with Crippen molar-refractivity contribution in [2.75, 3.05) is 11.9 Å². The topological polar surface area (TPSA) is 41.1 Å². The summed E-state index contributed by atoms with van der Waals surface area (Å²) in [5.41, 5.74) is 5.55. The number of carbonyl (C=O) groups excluding carboxylic acids is 1. The summed E-state index contributed by atoms with van der Waals surface area (Å²) in [4.78, 5) is 12.5. The van der Waals surface area contributed by atoms with Gasteiger partial charge in [-0.3, -0.25) is 4.79 Å². The second-order valence-electron chi connectivity index (χ2n) is 7.02. The Morgan fingerprint density at radius 3 is 2.88 bits per heavy atom. The number of benzene rings is 2. The van der Waals surface area contributed by atoms with Crippen LogP contribution in [0.1, 0.15) is 52.4 Å². The molecule has 1 amide bonds. The van der Waals surface area contributed by atoms with Crippen LogP contribution in [0, 0.1) is 12.8 Å². The number of nitrogens with one attached hydrogen (secondary N) is 2. The van der Waals surface area contributed by atoms with Crippen LogP contribution in [0.2, 0.25) is 0 Å². The number of aryl methyl sites for hydroxylation is 1. The predicted octanol–water partition coefficient (Wildman–Crippen LogP) is 4.57. The van der Waals surface area contributed by atoms with E-state index in [1.807, 2.05) is 19.1 Å². The average molecular weight is 332 g/mol. The summed E-state index contributed by atoms with van der Waals surface area (Å²) in [6.45, 7) is 4.71. The van der Waals surface area contributed by atoms with Crippen molar-refractivity contribution in [1.82, 2.24) is 5.32 Å². The lowest BCUT2D eigenvalue weighted by Crippen LogP contribution is -2.32. The van der Waals surface area contributed by atoms with Gasteiger partial charge >= 0.3 is 0 Å². The lowest BCUT2D eigenvalue weighted by Gasteiger charge is -2.38. The molecule has 2 aromatic carbocycles. The lowest BCUT2D eigenvalue weighted by molar-refractivity contribution is 0.0956. The van der Waals surface area contributed by atoms with E-state index < -0.39 is 0 Å². The molecule has 0 saturated carbocycles. The van der Waals surface area contributed by atoms with Gasteiger partial charge in [-0.1, -0.05) is 54.1 Å². The number of fused-ring (bicyclic) bond motifs is 3. The molecule has 0 fully saturated rings. The number of carbonyl (C=O) groups is 1. The number of amides is 1. The highest BCUT2D eigenvalue weighted by Gasteiger charge is 2.39. The second kappa shape index (κ2) is 6.40. The Hall–Kier alpha value is -2.55. The normalized spacial score (nSPS) is 23.5. The van der Waals surface area contributed by atoms with Crippen LogP contribution in [-0.2, 0) is 0 Å². The first-order valence-corrected chi connectivity index (χ1v) is 9.10. The number of anilines is 1. The third kappa shape index (κ3) is 2.74. The van der Waals surface area contributed by atoms with Crippen molar-refractivity contribution in [2.45, 2.75) is 32.2 Å². The number of para-hydroxylation sites is 1. The molecule has 0 aromatic heterocycles. The molecule has 3 unspecified atom stereocenters. The zero-order valence-corrected chi connectivity index (χ0v) is 14.8. The van der Waals surface area contributed by atoms with Crippen LogP contribution in [0.4, 0.5) is 5.69 Å². The Bertz CT molecular complexity index is 840. The minimum atomic E-state index is -0.00438. The van der Waals surface area contributed by atoms with Crippen LogP contribution in [-0.4, -0.2) is 12.5 Å². The SMILES string of the molecule is CCNC(=O)c1cccc2c1NC(c1cccc(C)c1)C1CC=CC21.